The zero-order valence-corrected chi connectivity index (χ0v) is 9.96. The van der Waals surface area contributed by atoms with E-state index in [4.69, 9.17) is 4.74 Å². The predicted molar refractivity (Wildman–Crippen MR) is 57.8 cm³/mol. The summed E-state index contributed by atoms with van der Waals surface area (Å²) in [6.07, 6.45) is 1.98. The van der Waals surface area contributed by atoms with Crippen molar-refractivity contribution >= 4 is 6.09 Å². The smallest absolute Gasteiger partial charge is 0.410 e. The maximum Gasteiger partial charge on any atom is 0.410 e. The minimum atomic E-state index is -0.392. The normalized spacial score (nSPS) is 33.9. The zero-order chi connectivity index (χ0) is 11.3. The quantitative estimate of drug-likeness (QED) is 0.713. The number of rotatable bonds is 1. The number of hydrogen-bond acceptors (Lipinski definition) is 3. The number of carbonyl (C=O) groups excluding carboxylic acids is 1. The molecule has 2 aliphatic heterocycles. The molecule has 4 nitrogen and oxygen atoms in total. The van der Waals surface area contributed by atoms with Crippen molar-refractivity contribution in [1.82, 2.24) is 10.2 Å². The topological polar surface area (TPSA) is 41.6 Å². The Bertz CT molecular complexity index is 277. The number of likely N-dealkylation sites (N-methyl/N-ethyl adjacent to an activating group) is 1. The molecule has 1 aliphatic carbocycles. The first-order valence-corrected chi connectivity index (χ1v) is 5.54. The number of fused-ring (bicyclic) bond motifs is 1. The van der Waals surface area contributed by atoms with Crippen LogP contribution in [0.1, 0.15) is 33.6 Å². The van der Waals surface area contributed by atoms with Crippen LogP contribution in [0.5, 0.6) is 0 Å². The molecule has 0 aromatic carbocycles. The molecule has 3 fully saturated rings. The Morgan fingerprint density at radius 3 is 2.47 bits per heavy atom. The molecule has 1 N–H and O–H groups in total. The lowest BCUT2D eigenvalue weighted by Gasteiger charge is -2.36. The monoisotopic (exact) mass is 212 g/mol. The third-order valence-corrected chi connectivity index (χ3v) is 3.32. The molecular formula is C11H20N2O2. The number of ether oxygens (including phenoxy) is 1. The van der Waals surface area contributed by atoms with Crippen molar-refractivity contribution in [3.05, 3.63) is 0 Å². The molecule has 1 saturated carbocycles. The molecule has 15 heavy (non-hydrogen) atoms. The summed E-state index contributed by atoms with van der Waals surface area (Å²) in [5.74, 6) is 0. The van der Waals surface area contributed by atoms with Crippen LogP contribution in [-0.2, 0) is 4.74 Å². The van der Waals surface area contributed by atoms with Crippen molar-refractivity contribution in [1.29, 1.82) is 0 Å². The summed E-state index contributed by atoms with van der Waals surface area (Å²) in [4.78, 5) is 13.7. The van der Waals surface area contributed by atoms with Crippen molar-refractivity contribution < 1.29 is 9.53 Å². The molecule has 0 atom stereocenters. The molecule has 0 aromatic rings. The summed E-state index contributed by atoms with van der Waals surface area (Å²) >= 11 is 0. The minimum absolute atomic E-state index is 0.165. The Labute approximate surface area is 91.0 Å². The highest BCUT2D eigenvalue weighted by Gasteiger charge is 2.56. The van der Waals surface area contributed by atoms with E-state index in [1.165, 1.54) is 0 Å². The number of carbonyl (C=O) groups is 1. The van der Waals surface area contributed by atoms with Crippen LogP contribution in [0.15, 0.2) is 0 Å². The molecule has 3 rings (SSSR count). The van der Waals surface area contributed by atoms with E-state index in [-0.39, 0.29) is 11.6 Å². The zero-order valence-electron chi connectivity index (χ0n) is 9.96. The van der Waals surface area contributed by atoms with Gasteiger partial charge in [0.25, 0.3) is 0 Å². The van der Waals surface area contributed by atoms with E-state index in [9.17, 15) is 4.79 Å². The summed E-state index contributed by atoms with van der Waals surface area (Å²) in [6, 6.07) is 0.396. The first kappa shape index (κ1) is 10.7. The molecule has 86 valence electrons. The van der Waals surface area contributed by atoms with E-state index in [1.807, 2.05) is 32.7 Å². The average molecular weight is 212 g/mol. The van der Waals surface area contributed by atoms with Gasteiger partial charge in [-0.25, -0.2) is 4.79 Å². The molecule has 0 unspecified atom stereocenters. The van der Waals surface area contributed by atoms with Crippen molar-refractivity contribution in [3.63, 3.8) is 0 Å². The van der Waals surface area contributed by atoms with Gasteiger partial charge in [-0.05, 0) is 40.7 Å². The third-order valence-electron chi connectivity index (χ3n) is 3.32. The number of hydrogen-bond donors (Lipinski definition) is 1. The molecule has 0 spiro atoms. The lowest BCUT2D eigenvalue weighted by Crippen LogP contribution is -2.50. The molecule has 2 saturated heterocycles. The van der Waals surface area contributed by atoms with Crippen LogP contribution in [0.2, 0.25) is 0 Å². The van der Waals surface area contributed by atoms with Gasteiger partial charge in [0.05, 0.1) is 0 Å². The van der Waals surface area contributed by atoms with Crippen LogP contribution >= 0.6 is 0 Å². The maximum atomic E-state index is 11.8. The van der Waals surface area contributed by atoms with Gasteiger partial charge in [-0.2, -0.15) is 0 Å². The molecule has 2 bridgehead atoms. The first-order valence-electron chi connectivity index (χ1n) is 5.54. The molecule has 0 radical (unpaired) electrons. The average Bonchev–Trinajstić information content (AvgIpc) is 2.53. The second-order valence-corrected chi connectivity index (χ2v) is 5.70. The number of amides is 1. The van der Waals surface area contributed by atoms with E-state index in [2.05, 4.69) is 5.32 Å². The second kappa shape index (κ2) is 3.11. The van der Waals surface area contributed by atoms with Gasteiger partial charge in [0.2, 0.25) is 0 Å². The Kier molecular flexibility index (Phi) is 2.23. The third kappa shape index (κ3) is 1.83. The minimum Gasteiger partial charge on any atom is -0.444 e. The molecule has 4 heteroatoms. The van der Waals surface area contributed by atoms with Gasteiger partial charge in [-0.15, -0.1) is 0 Å². The fraction of sp³-hybridized carbons (Fsp3) is 0.909. The van der Waals surface area contributed by atoms with Crippen LogP contribution < -0.4 is 5.32 Å². The van der Waals surface area contributed by atoms with Gasteiger partial charge < -0.3 is 15.0 Å². The predicted octanol–water partition coefficient (Wildman–Crippen LogP) is 1.36. The second-order valence-electron chi connectivity index (χ2n) is 5.70. The Balaban J connectivity index is 1.95. The molecule has 0 aromatic heterocycles. The fourth-order valence-corrected chi connectivity index (χ4v) is 2.46. The number of nitrogens with zero attached hydrogens (tertiary/aromatic N) is 1. The lowest BCUT2D eigenvalue weighted by atomic mass is 9.78. The molecule has 3 aliphatic rings. The molecule has 1 amide bonds. The van der Waals surface area contributed by atoms with Gasteiger partial charge in [-0.1, -0.05) is 0 Å². The SMILES string of the molecule is CNC12CC(C1)N(C(=O)OC(C)(C)C)C2. The van der Waals surface area contributed by atoms with Gasteiger partial charge >= 0.3 is 6.09 Å². The summed E-state index contributed by atoms with van der Waals surface area (Å²) in [6.45, 7) is 6.50. The van der Waals surface area contributed by atoms with E-state index >= 15 is 0 Å². The highest BCUT2D eigenvalue weighted by Crippen LogP contribution is 2.44. The van der Waals surface area contributed by atoms with Gasteiger partial charge in [0, 0.05) is 18.1 Å². The van der Waals surface area contributed by atoms with E-state index in [1.54, 1.807) is 0 Å². The van der Waals surface area contributed by atoms with Crippen LogP contribution in [-0.4, -0.2) is 41.8 Å². The lowest BCUT2D eigenvalue weighted by molar-refractivity contribution is 0.0245. The van der Waals surface area contributed by atoms with Crippen LogP contribution in [0.4, 0.5) is 4.79 Å². The van der Waals surface area contributed by atoms with Gasteiger partial charge in [-0.3, -0.25) is 0 Å². The summed E-state index contributed by atoms with van der Waals surface area (Å²) in [7, 11) is 1.97. The van der Waals surface area contributed by atoms with Crippen molar-refractivity contribution in [3.8, 4) is 0 Å². The highest BCUT2D eigenvalue weighted by molar-refractivity contribution is 5.70. The standard InChI is InChI=1S/C11H20N2O2/c1-10(2,3)15-9(14)13-7-11(12-4)5-8(13)6-11/h8,12H,5-7H2,1-4H3. The fourth-order valence-electron chi connectivity index (χ4n) is 2.46. The van der Waals surface area contributed by atoms with Gasteiger partial charge in [0.1, 0.15) is 5.60 Å². The van der Waals surface area contributed by atoms with Crippen LogP contribution in [0.25, 0.3) is 0 Å². The molecular weight excluding hydrogens is 192 g/mol. The molecule has 2 heterocycles. The Hall–Kier alpha value is -0.770. The first-order chi connectivity index (χ1) is 6.85. The Morgan fingerprint density at radius 1 is 1.47 bits per heavy atom. The maximum absolute atomic E-state index is 11.8. The summed E-state index contributed by atoms with van der Waals surface area (Å²) < 4.78 is 5.37. The van der Waals surface area contributed by atoms with Crippen molar-refractivity contribution in [2.45, 2.75) is 50.8 Å². The van der Waals surface area contributed by atoms with Gasteiger partial charge in [0.15, 0.2) is 0 Å². The summed E-state index contributed by atoms with van der Waals surface area (Å²) in [5, 5.41) is 3.30. The van der Waals surface area contributed by atoms with E-state index < -0.39 is 5.60 Å². The number of nitrogens with one attached hydrogen (secondary N) is 1. The highest BCUT2D eigenvalue weighted by atomic mass is 16.6. The van der Waals surface area contributed by atoms with Crippen molar-refractivity contribution in [2.75, 3.05) is 13.6 Å². The van der Waals surface area contributed by atoms with Crippen LogP contribution in [0.3, 0.4) is 0 Å². The van der Waals surface area contributed by atoms with Crippen LogP contribution in [0, 0.1) is 0 Å². The van der Waals surface area contributed by atoms with E-state index in [0.29, 0.717) is 6.04 Å². The Morgan fingerprint density at radius 2 is 2.07 bits per heavy atom. The summed E-state index contributed by atoms with van der Waals surface area (Å²) in [5.41, 5.74) is -0.210. The van der Waals surface area contributed by atoms with E-state index in [0.717, 1.165) is 19.4 Å². The van der Waals surface area contributed by atoms with Crippen molar-refractivity contribution in [2.24, 2.45) is 0 Å². The largest absolute Gasteiger partial charge is 0.444 e.